The number of hydrogen-bond donors (Lipinski definition) is 1. The molecule has 3 aromatic rings. The summed E-state index contributed by atoms with van der Waals surface area (Å²) in [5.74, 6) is 0.844. The first-order valence-electron chi connectivity index (χ1n) is 14.7. The molecule has 2 aliphatic heterocycles. The van der Waals surface area contributed by atoms with Gasteiger partial charge in [-0.25, -0.2) is 17.1 Å². The zero-order valence-electron chi connectivity index (χ0n) is 24.6. The summed E-state index contributed by atoms with van der Waals surface area (Å²) in [6, 6.07) is 12.7. The van der Waals surface area contributed by atoms with E-state index >= 15 is 4.39 Å². The number of carboxylic acid groups (broad SMARTS) is 1. The second-order valence-corrected chi connectivity index (χ2v) is 14.0. The smallest absolute Gasteiger partial charge is 0.304 e. The first kappa shape index (κ1) is 29.4. The van der Waals surface area contributed by atoms with Crippen LogP contribution in [0.3, 0.4) is 0 Å². The number of hydrogen-bond acceptors (Lipinski definition) is 6. The molecule has 3 aliphatic rings. The van der Waals surface area contributed by atoms with Crippen molar-refractivity contribution in [3.8, 4) is 28.4 Å². The number of carbonyl (C=O) groups is 1. The summed E-state index contributed by atoms with van der Waals surface area (Å²) >= 11 is 0. The van der Waals surface area contributed by atoms with E-state index in [-0.39, 0.29) is 29.8 Å². The van der Waals surface area contributed by atoms with E-state index in [1.807, 2.05) is 38.1 Å². The molecule has 0 amide bonds. The van der Waals surface area contributed by atoms with Crippen molar-refractivity contribution < 1.29 is 36.9 Å². The topological polar surface area (TPSA) is 102 Å². The number of aliphatic carboxylic acids is 1. The standard InChI is InChI=1S/C33H36FNO7S/c1-4-43(38,39)35-15-21(16-35)17-40-24-11-19(2)32(20(3)12-24)26-7-9-28(34)33-27(26)8-10-29(33)42-23-5-6-25-22(13-31(36)37)18-41-30(25)14-23/h5-7,9,11-12,14,21-22,29H,4,8,10,13,15-18H2,1-3H3,(H,36,37)/t22-,29-/m1/s1. The summed E-state index contributed by atoms with van der Waals surface area (Å²) in [6.45, 7) is 7.44. The molecule has 1 N–H and O–H groups in total. The molecule has 10 heteroatoms. The molecule has 43 heavy (non-hydrogen) atoms. The number of ether oxygens (including phenoxy) is 3. The molecule has 0 radical (unpaired) electrons. The predicted molar refractivity (Wildman–Crippen MR) is 160 cm³/mol. The Labute approximate surface area is 251 Å². The second-order valence-electron chi connectivity index (χ2n) is 11.8. The normalized spacial score (nSPS) is 19.8. The monoisotopic (exact) mass is 609 g/mol. The predicted octanol–water partition coefficient (Wildman–Crippen LogP) is 5.79. The van der Waals surface area contributed by atoms with E-state index in [9.17, 15) is 13.2 Å². The van der Waals surface area contributed by atoms with Gasteiger partial charge in [0.1, 0.15) is 29.2 Å². The van der Waals surface area contributed by atoms with Crippen molar-refractivity contribution in [1.29, 1.82) is 0 Å². The van der Waals surface area contributed by atoms with Gasteiger partial charge in [-0.2, -0.15) is 0 Å². The SMILES string of the molecule is CCS(=O)(=O)N1CC(COc2cc(C)c(-c3ccc(F)c4c3CC[C@H]4Oc3ccc4c(c3)OC[C@H]4CC(=O)O)c(C)c2)C1. The molecule has 0 saturated carbocycles. The number of benzene rings is 3. The van der Waals surface area contributed by atoms with Crippen LogP contribution in [0.4, 0.5) is 4.39 Å². The van der Waals surface area contributed by atoms with Crippen molar-refractivity contribution in [2.75, 3.05) is 32.1 Å². The van der Waals surface area contributed by atoms with Crippen molar-refractivity contribution >= 4 is 16.0 Å². The van der Waals surface area contributed by atoms with Crippen LogP contribution in [0.25, 0.3) is 11.1 Å². The fourth-order valence-electron chi connectivity index (χ4n) is 6.58. The number of carboxylic acids is 1. The summed E-state index contributed by atoms with van der Waals surface area (Å²) in [7, 11) is -3.15. The molecule has 0 unspecified atom stereocenters. The number of aryl methyl sites for hydroxylation is 2. The third-order valence-electron chi connectivity index (χ3n) is 8.79. The summed E-state index contributed by atoms with van der Waals surface area (Å²) < 4.78 is 58.9. The molecule has 6 rings (SSSR count). The molecule has 0 aromatic heterocycles. The fraction of sp³-hybridized carbons (Fsp3) is 0.424. The number of nitrogens with zero attached hydrogens (tertiary/aromatic N) is 1. The molecule has 1 aliphatic carbocycles. The van der Waals surface area contributed by atoms with E-state index in [1.54, 1.807) is 19.1 Å². The molecule has 1 saturated heterocycles. The van der Waals surface area contributed by atoms with Crippen molar-refractivity contribution in [2.24, 2.45) is 5.92 Å². The lowest BCUT2D eigenvalue weighted by atomic mass is 9.90. The van der Waals surface area contributed by atoms with Gasteiger partial charge in [0.05, 0.1) is 25.4 Å². The first-order valence-corrected chi connectivity index (χ1v) is 16.3. The van der Waals surface area contributed by atoms with Crippen LogP contribution in [-0.4, -0.2) is 55.9 Å². The summed E-state index contributed by atoms with van der Waals surface area (Å²) in [6.07, 6.45) is 0.860. The van der Waals surface area contributed by atoms with Crippen LogP contribution in [0.2, 0.25) is 0 Å². The maximum absolute atomic E-state index is 15.3. The first-order chi connectivity index (χ1) is 20.5. The molecule has 1 fully saturated rings. The molecule has 0 bridgehead atoms. The van der Waals surface area contributed by atoms with Gasteiger partial charge in [-0.15, -0.1) is 0 Å². The zero-order chi connectivity index (χ0) is 30.5. The van der Waals surface area contributed by atoms with Gasteiger partial charge in [-0.3, -0.25) is 4.79 Å². The van der Waals surface area contributed by atoms with Gasteiger partial charge in [-0.05, 0) is 85.7 Å². The van der Waals surface area contributed by atoms with Crippen LogP contribution in [-0.2, 0) is 21.2 Å². The Morgan fingerprint density at radius 2 is 1.84 bits per heavy atom. The number of fused-ring (bicyclic) bond motifs is 2. The molecule has 2 heterocycles. The van der Waals surface area contributed by atoms with Gasteiger partial charge in [0.25, 0.3) is 0 Å². The Hall–Kier alpha value is -3.63. The van der Waals surface area contributed by atoms with Crippen LogP contribution in [0.15, 0.2) is 42.5 Å². The lowest BCUT2D eigenvalue weighted by molar-refractivity contribution is -0.137. The van der Waals surface area contributed by atoms with Crippen molar-refractivity contribution in [2.45, 2.75) is 52.1 Å². The number of rotatable bonds is 10. The lowest BCUT2D eigenvalue weighted by Crippen LogP contribution is -2.52. The highest BCUT2D eigenvalue weighted by atomic mass is 32.2. The lowest BCUT2D eigenvalue weighted by Gasteiger charge is -2.37. The number of sulfonamides is 1. The van der Waals surface area contributed by atoms with Crippen LogP contribution in [0.5, 0.6) is 17.2 Å². The average Bonchev–Trinajstić information content (AvgIpc) is 3.53. The van der Waals surface area contributed by atoms with Crippen LogP contribution in [0.1, 0.15) is 59.6 Å². The quantitative estimate of drug-likeness (QED) is 0.311. The molecular formula is C33H36FNO7S. The third-order valence-corrected chi connectivity index (χ3v) is 10.6. The van der Waals surface area contributed by atoms with Crippen LogP contribution >= 0.6 is 0 Å². The van der Waals surface area contributed by atoms with Gasteiger partial charge in [0, 0.05) is 42.1 Å². The minimum absolute atomic E-state index is 0.00780. The molecule has 0 spiro atoms. The minimum atomic E-state index is -3.15. The number of halogens is 1. The van der Waals surface area contributed by atoms with Gasteiger partial charge in [0.2, 0.25) is 10.0 Å². The fourth-order valence-corrected chi connectivity index (χ4v) is 7.82. The van der Waals surface area contributed by atoms with Crippen molar-refractivity contribution in [3.63, 3.8) is 0 Å². The molecule has 2 atom stereocenters. The largest absolute Gasteiger partial charge is 0.493 e. The minimum Gasteiger partial charge on any atom is -0.493 e. The summed E-state index contributed by atoms with van der Waals surface area (Å²) in [5, 5.41) is 9.17. The second kappa shape index (κ2) is 11.5. The van der Waals surface area contributed by atoms with E-state index in [0.717, 1.165) is 39.1 Å². The maximum atomic E-state index is 15.3. The van der Waals surface area contributed by atoms with Crippen molar-refractivity contribution in [1.82, 2.24) is 4.31 Å². The molecule has 8 nitrogen and oxygen atoms in total. The Morgan fingerprint density at radius 3 is 2.53 bits per heavy atom. The van der Waals surface area contributed by atoms with Gasteiger partial charge >= 0.3 is 5.97 Å². The van der Waals surface area contributed by atoms with Crippen molar-refractivity contribution in [3.05, 3.63) is 76.1 Å². The highest BCUT2D eigenvalue weighted by molar-refractivity contribution is 7.89. The summed E-state index contributed by atoms with van der Waals surface area (Å²) in [4.78, 5) is 11.2. The van der Waals surface area contributed by atoms with Gasteiger partial charge in [0.15, 0.2) is 0 Å². The highest BCUT2D eigenvalue weighted by Gasteiger charge is 2.35. The van der Waals surface area contributed by atoms with E-state index < -0.39 is 22.1 Å². The van der Waals surface area contributed by atoms with E-state index in [1.165, 1.54) is 10.4 Å². The van der Waals surface area contributed by atoms with E-state index in [2.05, 4.69) is 0 Å². The summed E-state index contributed by atoms with van der Waals surface area (Å²) in [5.41, 5.74) is 6.43. The molecule has 3 aromatic carbocycles. The highest BCUT2D eigenvalue weighted by Crippen LogP contribution is 2.45. The average molecular weight is 610 g/mol. The Bertz CT molecular complexity index is 1660. The molecular weight excluding hydrogens is 573 g/mol. The Balaban J connectivity index is 1.18. The van der Waals surface area contributed by atoms with E-state index in [0.29, 0.717) is 56.2 Å². The van der Waals surface area contributed by atoms with Gasteiger partial charge < -0.3 is 19.3 Å². The van der Waals surface area contributed by atoms with Gasteiger partial charge in [-0.1, -0.05) is 12.1 Å². The zero-order valence-corrected chi connectivity index (χ0v) is 25.4. The Morgan fingerprint density at radius 1 is 1.09 bits per heavy atom. The third kappa shape index (κ3) is 5.70. The van der Waals surface area contributed by atoms with Crippen LogP contribution in [0, 0.1) is 25.6 Å². The Kier molecular flexibility index (Phi) is 7.85. The van der Waals surface area contributed by atoms with E-state index in [4.69, 9.17) is 19.3 Å². The maximum Gasteiger partial charge on any atom is 0.304 e. The molecule has 228 valence electrons. The van der Waals surface area contributed by atoms with Crippen LogP contribution < -0.4 is 14.2 Å².